The molecule has 1 saturated carbocycles. The number of alkyl carbamates (subject to hydrolysis) is 1. The van der Waals surface area contributed by atoms with Gasteiger partial charge in [-0.1, -0.05) is 55.0 Å². The number of ether oxygens (including phenoxy) is 2. The van der Waals surface area contributed by atoms with Crippen molar-refractivity contribution in [3.05, 3.63) is 59.7 Å². The summed E-state index contributed by atoms with van der Waals surface area (Å²) in [7, 11) is 0. The van der Waals surface area contributed by atoms with E-state index in [-0.39, 0.29) is 30.3 Å². The van der Waals surface area contributed by atoms with E-state index < -0.39 is 24.2 Å². The number of benzene rings is 2. The zero-order chi connectivity index (χ0) is 24.4. The zero-order valence-electron chi connectivity index (χ0n) is 19.4. The highest BCUT2D eigenvalue weighted by molar-refractivity contribution is 5.82. The maximum atomic E-state index is 12.9. The maximum absolute atomic E-state index is 12.9. The normalized spacial score (nSPS) is 25.0. The van der Waals surface area contributed by atoms with Crippen molar-refractivity contribution >= 4 is 18.0 Å². The van der Waals surface area contributed by atoms with Crippen LogP contribution in [-0.4, -0.2) is 55.0 Å². The molecule has 0 aromatic heterocycles. The molecule has 1 saturated heterocycles. The Morgan fingerprint density at radius 3 is 2.34 bits per heavy atom. The van der Waals surface area contributed by atoms with E-state index in [0.717, 1.165) is 24.0 Å². The second kappa shape index (κ2) is 10.1. The smallest absolute Gasteiger partial charge is 0.407 e. The van der Waals surface area contributed by atoms with E-state index in [1.54, 1.807) is 0 Å². The highest BCUT2D eigenvalue weighted by Crippen LogP contribution is 2.44. The fourth-order valence-corrected chi connectivity index (χ4v) is 5.76. The standard InChI is InChI=1S/C27H30N2O6/c30-25(29-23-12-13-34-24(23)26(31)32)17-11-5-6-16(17)14-28-27(33)35-15-22-20-9-3-1-7-18(20)19-8-2-4-10-21(19)22/h1-4,7-10,16-17,22-24H,5-6,11-15H2,(H,28,33)(H,29,30)(H,31,32)/t16-,17-,23?,24?/m0/s1. The van der Waals surface area contributed by atoms with Crippen LogP contribution in [0.4, 0.5) is 4.79 Å². The molecule has 2 aliphatic carbocycles. The number of hydrogen-bond donors (Lipinski definition) is 3. The van der Waals surface area contributed by atoms with Crippen LogP contribution in [0, 0.1) is 11.8 Å². The lowest BCUT2D eigenvalue weighted by molar-refractivity contribution is -0.148. The Labute approximate surface area is 204 Å². The van der Waals surface area contributed by atoms with Gasteiger partial charge in [-0.2, -0.15) is 0 Å². The van der Waals surface area contributed by atoms with E-state index in [2.05, 4.69) is 34.9 Å². The van der Waals surface area contributed by atoms with Crippen LogP contribution in [0.2, 0.25) is 0 Å². The second-order valence-corrected chi connectivity index (χ2v) is 9.54. The quantitative estimate of drug-likeness (QED) is 0.563. The third-order valence-corrected chi connectivity index (χ3v) is 7.51. The molecule has 1 heterocycles. The summed E-state index contributed by atoms with van der Waals surface area (Å²) in [6, 6.07) is 15.9. The largest absolute Gasteiger partial charge is 0.479 e. The second-order valence-electron chi connectivity index (χ2n) is 9.54. The molecule has 3 N–H and O–H groups in total. The molecule has 184 valence electrons. The Morgan fingerprint density at radius 2 is 1.66 bits per heavy atom. The number of amides is 2. The molecule has 35 heavy (non-hydrogen) atoms. The van der Waals surface area contributed by atoms with E-state index in [1.807, 2.05) is 24.3 Å². The molecule has 5 rings (SSSR count). The topological polar surface area (TPSA) is 114 Å². The third-order valence-electron chi connectivity index (χ3n) is 7.51. The lowest BCUT2D eigenvalue weighted by Gasteiger charge is -2.23. The van der Waals surface area contributed by atoms with E-state index in [4.69, 9.17) is 9.47 Å². The van der Waals surface area contributed by atoms with Gasteiger partial charge < -0.3 is 25.2 Å². The minimum Gasteiger partial charge on any atom is -0.479 e. The monoisotopic (exact) mass is 478 g/mol. The van der Waals surface area contributed by atoms with Crippen molar-refractivity contribution in [3.63, 3.8) is 0 Å². The molecule has 2 unspecified atom stereocenters. The van der Waals surface area contributed by atoms with Gasteiger partial charge in [0.25, 0.3) is 0 Å². The van der Waals surface area contributed by atoms with Crippen LogP contribution in [0.1, 0.15) is 42.7 Å². The highest BCUT2D eigenvalue weighted by Gasteiger charge is 2.39. The summed E-state index contributed by atoms with van der Waals surface area (Å²) in [5.41, 5.74) is 4.67. The summed E-state index contributed by atoms with van der Waals surface area (Å²) >= 11 is 0. The SMILES string of the molecule is O=C(NC[C@@H]1CCC[C@@H]1C(=O)NC1CCOC1C(=O)O)OCC1c2ccccc2-c2ccccc21. The number of carboxylic acids is 1. The molecule has 0 bridgehead atoms. The average molecular weight is 479 g/mol. The van der Waals surface area contributed by atoms with E-state index >= 15 is 0 Å². The van der Waals surface area contributed by atoms with Crippen molar-refractivity contribution in [2.24, 2.45) is 11.8 Å². The number of nitrogens with one attached hydrogen (secondary N) is 2. The highest BCUT2D eigenvalue weighted by atomic mass is 16.5. The number of carbonyl (C=O) groups is 3. The summed E-state index contributed by atoms with van der Waals surface area (Å²) in [6.07, 6.45) is 1.42. The van der Waals surface area contributed by atoms with Gasteiger partial charge in [-0.15, -0.1) is 0 Å². The average Bonchev–Trinajstić information content (AvgIpc) is 3.59. The Hall–Kier alpha value is -3.39. The number of fused-ring (bicyclic) bond motifs is 3. The van der Waals surface area contributed by atoms with E-state index in [9.17, 15) is 19.5 Å². The molecule has 0 radical (unpaired) electrons. The predicted octanol–water partition coefficient (Wildman–Crippen LogP) is 3.30. The zero-order valence-corrected chi connectivity index (χ0v) is 19.4. The molecule has 1 aliphatic heterocycles. The summed E-state index contributed by atoms with van der Waals surface area (Å²) in [5.74, 6) is -1.51. The van der Waals surface area contributed by atoms with Gasteiger partial charge in [0.1, 0.15) is 6.61 Å². The van der Waals surface area contributed by atoms with Gasteiger partial charge in [0, 0.05) is 25.0 Å². The van der Waals surface area contributed by atoms with Gasteiger partial charge in [-0.05, 0) is 47.4 Å². The summed E-state index contributed by atoms with van der Waals surface area (Å²) < 4.78 is 10.8. The molecule has 8 nitrogen and oxygen atoms in total. The molecule has 0 spiro atoms. The molecule has 2 aromatic carbocycles. The fourth-order valence-electron chi connectivity index (χ4n) is 5.76. The minimum atomic E-state index is -1.06. The Bertz CT molecular complexity index is 1070. The van der Waals surface area contributed by atoms with Crippen molar-refractivity contribution in [3.8, 4) is 11.1 Å². The van der Waals surface area contributed by atoms with Crippen LogP contribution in [0.5, 0.6) is 0 Å². The van der Waals surface area contributed by atoms with Crippen molar-refractivity contribution in [1.82, 2.24) is 10.6 Å². The van der Waals surface area contributed by atoms with Crippen molar-refractivity contribution in [2.75, 3.05) is 19.8 Å². The maximum Gasteiger partial charge on any atom is 0.407 e. The number of aliphatic carboxylic acids is 1. The van der Waals surface area contributed by atoms with Crippen LogP contribution >= 0.6 is 0 Å². The van der Waals surface area contributed by atoms with Gasteiger partial charge in [-0.3, -0.25) is 4.79 Å². The third kappa shape index (κ3) is 4.75. The van der Waals surface area contributed by atoms with Crippen molar-refractivity contribution in [2.45, 2.75) is 43.7 Å². The molecule has 2 fully saturated rings. The molecule has 4 atom stereocenters. The van der Waals surface area contributed by atoms with Gasteiger partial charge in [-0.25, -0.2) is 9.59 Å². The van der Waals surface area contributed by atoms with Crippen molar-refractivity contribution < 1.29 is 29.0 Å². The van der Waals surface area contributed by atoms with Crippen molar-refractivity contribution in [1.29, 1.82) is 0 Å². The summed E-state index contributed by atoms with van der Waals surface area (Å²) in [4.78, 5) is 36.7. The van der Waals surface area contributed by atoms with Crippen LogP contribution in [0.25, 0.3) is 11.1 Å². The van der Waals surface area contributed by atoms with Crippen LogP contribution in [-0.2, 0) is 19.1 Å². The van der Waals surface area contributed by atoms with E-state index in [1.165, 1.54) is 11.1 Å². The van der Waals surface area contributed by atoms with Crippen LogP contribution < -0.4 is 10.6 Å². The van der Waals surface area contributed by atoms with E-state index in [0.29, 0.717) is 26.0 Å². The first-order chi connectivity index (χ1) is 17.0. The Morgan fingerprint density at radius 1 is 0.971 bits per heavy atom. The Balaban J connectivity index is 1.14. The van der Waals surface area contributed by atoms with Gasteiger partial charge in [0.05, 0.1) is 6.04 Å². The first kappa shape index (κ1) is 23.4. The minimum absolute atomic E-state index is 0.00558. The fraction of sp³-hybridized carbons (Fsp3) is 0.444. The molecule has 3 aliphatic rings. The molecule has 8 heteroatoms. The summed E-state index contributed by atoms with van der Waals surface area (Å²) in [5, 5.41) is 15.0. The van der Waals surface area contributed by atoms with Crippen LogP contribution in [0.15, 0.2) is 48.5 Å². The molecular weight excluding hydrogens is 448 g/mol. The molecule has 2 amide bonds. The number of carboxylic acid groups (broad SMARTS) is 1. The van der Waals surface area contributed by atoms with Gasteiger partial charge in [0.15, 0.2) is 6.10 Å². The number of rotatable bonds is 7. The predicted molar refractivity (Wildman–Crippen MR) is 128 cm³/mol. The number of carbonyl (C=O) groups excluding carboxylic acids is 2. The van der Waals surface area contributed by atoms with Gasteiger partial charge in [0.2, 0.25) is 5.91 Å². The number of hydrogen-bond acceptors (Lipinski definition) is 5. The molecule has 2 aromatic rings. The lowest BCUT2D eigenvalue weighted by Crippen LogP contribution is -2.47. The molecular formula is C27H30N2O6. The van der Waals surface area contributed by atoms with Gasteiger partial charge >= 0.3 is 12.1 Å². The first-order valence-electron chi connectivity index (χ1n) is 12.3. The lowest BCUT2D eigenvalue weighted by atomic mass is 9.94. The summed E-state index contributed by atoms with van der Waals surface area (Å²) in [6.45, 7) is 0.907. The first-order valence-corrected chi connectivity index (χ1v) is 12.3. The van der Waals surface area contributed by atoms with Crippen LogP contribution in [0.3, 0.4) is 0 Å². The Kier molecular flexibility index (Phi) is 6.72.